The van der Waals surface area contributed by atoms with Gasteiger partial charge < -0.3 is 19.9 Å². The van der Waals surface area contributed by atoms with E-state index in [0.717, 1.165) is 47.3 Å². The van der Waals surface area contributed by atoms with Gasteiger partial charge in [-0.15, -0.1) is 11.3 Å². The van der Waals surface area contributed by atoms with Crippen molar-refractivity contribution in [1.29, 1.82) is 0 Å². The average molecular weight is 496 g/mol. The van der Waals surface area contributed by atoms with Gasteiger partial charge >= 0.3 is 0 Å². The monoisotopic (exact) mass is 495 g/mol. The molecule has 1 amide bonds. The van der Waals surface area contributed by atoms with Gasteiger partial charge in [0.05, 0.1) is 24.4 Å². The van der Waals surface area contributed by atoms with Crippen LogP contribution in [0.25, 0.3) is 27.3 Å². The van der Waals surface area contributed by atoms with Crippen LogP contribution >= 0.6 is 11.3 Å². The molecule has 9 nitrogen and oxygen atoms in total. The molecule has 0 unspecified atom stereocenters. The standard InChI is InChI=1S/C25H33N7O2S/c1-14(2)20-21(16-10-18(34-5)23-26-13-27-32(23)11-16)29-25-22(20)30-24(35-25)15-6-8-17(9-7-15)28-19(33)12-31(3)4/h10-11,13-15,17,29H,6-9,12H2,1-5H3,(H,28,33). The van der Waals surface area contributed by atoms with Crippen LogP contribution in [0, 0.1) is 0 Å². The Morgan fingerprint density at radius 2 is 2.09 bits per heavy atom. The van der Waals surface area contributed by atoms with Gasteiger partial charge in [0.15, 0.2) is 11.4 Å². The van der Waals surface area contributed by atoms with Gasteiger partial charge in [-0.25, -0.2) is 14.5 Å². The van der Waals surface area contributed by atoms with Crippen molar-refractivity contribution in [3.8, 4) is 17.0 Å². The van der Waals surface area contributed by atoms with Crippen molar-refractivity contribution >= 4 is 33.2 Å². The number of nitrogens with one attached hydrogen (secondary N) is 2. The maximum Gasteiger partial charge on any atom is 0.234 e. The third-order valence-electron chi connectivity index (χ3n) is 6.74. The minimum atomic E-state index is 0.107. The number of carbonyl (C=O) groups excluding carboxylic acids is 1. The number of hydrogen-bond donors (Lipinski definition) is 2. The molecule has 0 spiro atoms. The van der Waals surface area contributed by atoms with Crippen LogP contribution in [0.3, 0.4) is 0 Å². The Kier molecular flexibility index (Phi) is 6.50. The summed E-state index contributed by atoms with van der Waals surface area (Å²) in [6.07, 6.45) is 7.61. The number of pyridine rings is 1. The molecular weight excluding hydrogens is 462 g/mol. The molecule has 1 saturated carbocycles. The molecular formula is C25H33N7O2S. The first kappa shape index (κ1) is 23.7. The molecule has 4 aromatic rings. The van der Waals surface area contributed by atoms with E-state index in [1.54, 1.807) is 23.0 Å². The zero-order valence-corrected chi connectivity index (χ0v) is 21.8. The number of fused-ring (bicyclic) bond motifs is 2. The summed E-state index contributed by atoms with van der Waals surface area (Å²) >= 11 is 1.76. The Morgan fingerprint density at radius 3 is 2.77 bits per heavy atom. The summed E-state index contributed by atoms with van der Waals surface area (Å²) in [6, 6.07) is 2.28. The van der Waals surface area contributed by atoms with Crippen molar-refractivity contribution in [2.75, 3.05) is 27.7 Å². The van der Waals surface area contributed by atoms with Gasteiger partial charge in [0, 0.05) is 29.3 Å². The molecule has 4 aromatic heterocycles. The van der Waals surface area contributed by atoms with Gasteiger partial charge in [-0.1, -0.05) is 13.8 Å². The molecule has 10 heteroatoms. The van der Waals surface area contributed by atoms with Crippen molar-refractivity contribution in [1.82, 2.24) is 34.8 Å². The number of H-pyrrole nitrogens is 1. The predicted molar refractivity (Wildman–Crippen MR) is 138 cm³/mol. The van der Waals surface area contributed by atoms with Crippen LogP contribution in [0.15, 0.2) is 18.6 Å². The number of amides is 1. The van der Waals surface area contributed by atoms with Crippen LogP contribution < -0.4 is 10.1 Å². The molecule has 0 atom stereocenters. The maximum atomic E-state index is 12.1. The summed E-state index contributed by atoms with van der Waals surface area (Å²) in [6.45, 7) is 4.85. The fourth-order valence-electron chi connectivity index (χ4n) is 5.10. The largest absolute Gasteiger partial charge is 0.493 e. The Labute approximate surface area is 208 Å². The molecule has 1 fully saturated rings. The Hall–Kier alpha value is -2.98. The molecule has 4 heterocycles. The molecule has 0 bridgehead atoms. The first-order chi connectivity index (χ1) is 16.8. The minimum absolute atomic E-state index is 0.107. The zero-order valence-electron chi connectivity index (χ0n) is 21.0. The number of ether oxygens (including phenoxy) is 1. The van der Waals surface area contributed by atoms with Crippen LogP contribution in [-0.4, -0.2) is 69.2 Å². The number of rotatable bonds is 7. The zero-order chi connectivity index (χ0) is 24.7. The van der Waals surface area contributed by atoms with E-state index in [1.807, 2.05) is 31.3 Å². The second-order valence-electron chi connectivity index (χ2n) is 9.98. The average Bonchev–Trinajstić information content (AvgIpc) is 3.52. The Bertz CT molecular complexity index is 1340. The van der Waals surface area contributed by atoms with Crippen LogP contribution in [-0.2, 0) is 4.79 Å². The number of likely N-dealkylation sites (N-methyl/N-ethyl adjacent to an activating group) is 1. The molecule has 0 radical (unpaired) electrons. The van der Waals surface area contributed by atoms with E-state index < -0.39 is 0 Å². The SMILES string of the molecule is COc1cc(-c2[nH]c3sc(C4CCC(NC(=O)CN(C)C)CC4)nc3c2C(C)C)cn2ncnc12. The lowest BCUT2D eigenvalue weighted by Crippen LogP contribution is -2.41. The van der Waals surface area contributed by atoms with Gasteiger partial charge in [0.1, 0.15) is 16.7 Å². The van der Waals surface area contributed by atoms with Crippen molar-refractivity contribution in [3.63, 3.8) is 0 Å². The summed E-state index contributed by atoms with van der Waals surface area (Å²) < 4.78 is 7.33. The molecule has 0 aromatic carbocycles. The highest BCUT2D eigenvalue weighted by Crippen LogP contribution is 2.42. The summed E-state index contributed by atoms with van der Waals surface area (Å²) in [4.78, 5) is 28.2. The Morgan fingerprint density at radius 1 is 1.31 bits per heavy atom. The molecule has 1 aliphatic rings. The van der Waals surface area contributed by atoms with Gasteiger partial charge in [-0.2, -0.15) is 5.10 Å². The highest BCUT2D eigenvalue weighted by molar-refractivity contribution is 7.18. The van der Waals surface area contributed by atoms with Crippen LogP contribution in [0.4, 0.5) is 0 Å². The quantitative estimate of drug-likeness (QED) is 0.399. The van der Waals surface area contributed by atoms with Gasteiger partial charge in [-0.3, -0.25) is 4.79 Å². The molecule has 2 N–H and O–H groups in total. The van der Waals surface area contributed by atoms with E-state index >= 15 is 0 Å². The number of aromatic nitrogens is 5. The van der Waals surface area contributed by atoms with E-state index in [1.165, 1.54) is 16.9 Å². The summed E-state index contributed by atoms with van der Waals surface area (Å²) in [5.74, 6) is 1.54. The van der Waals surface area contributed by atoms with Crippen LogP contribution in [0.5, 0.6) is 5.75 Å². The second kappa shape index (κ2) is 9.58. The highest BCUT2D eigenvalue weighted by atomic mass is 32.1. The topological polar surface area (TPSA) is 100 Å². The number of nitrogens with zero attached hydrogens (tertiary/aromatic N) is 5. The minimum Gasteiger partial charge on any atom is -0.493 e. The number of aromatic amines is 1. The number of methoxy groups -OCH3 is 1. The molecule has 1 aliphatic carbocycles. The lowest BCUT2D eigenvalue weighted by atomic mass is 9.86. The highest BCUT2D eigenvalue weighted by Gasteiger charge is 2.28. The molecule has 5 rings (SSSR count). The van der Waals surface area contributed by atoms with Gasteiger partial charge in [0.2, 0.25) is 5.91 Å². The molecule has 0 saturated heterocycles. The third kappa shape index (κ3) is 4.64. The summed E-state index contributed by atoms with van der Waals surface area (Å²) in [5.41, 5.74) is 5.04. The number of thiazole rings is 1. The van der Waals surface area contributed by atoms with Crippen molar-refractivity contribution in [2.45, 2.75) is 57.4 Å². The van der Waals surface area contributed by atoms with Crippen molar-refractivity contribution in [2.24, 2.45) is 0 Å². The molecule has 35 heavy (non-hydrogen) atoms. The Balaban J connectivity index is 1.39. The smallest absolute Gasteiger partial charge is 0.234 e. The summed E-state index contributed by atoms with van der Waals surface area (Å²) in [5, 5.41) is 8.70. The van der Waals surface area contributed by atoms with Crippen molar-refractivity contribution < 1.29 is 9.53 Å². The first-order valence-electron chi connectivity index (χ1n) is 12.2. The van der Waals surface area contributed by atoms with Gasteiger partial charge in [-0.05, 0) is 51.8 Å². The van der Waals surface area contributed by atoms with E-state index in [2.05, 4.69) is 34.2 Å². The fourth-order valence-corrected chi connectivity index (χ4v) is 6.25. The summed E-state index contributed by atoms with van der Waals surface area (Å²) in [7, 11) is 5.49. The first-order valence-corrected chi connectivity index (χ1v) is 13.0. The van der Waals surface area contributed by atoms with Crippen LogP contribution in [0.1, 0.15) is 61.9 Å². The van der Waals surface area contributed by atoms with E-state index in [-0.39, 0.29) is 11.9 Å². The van der Waals surface area contributed by atoms with E-state index in [4.69, 9.17) is 9.72 Å². The number of hydrogen-bond acceptors (Lipinski definition) is 7. The fraction of sp³-hybridized carbons (Fsp3) is 0.520. The number of carbonyl (C=O) groups is 1. The predicted octanol–water partition coefficient (Wildman–Crippen LogP) is 4.17. The van der Waals surface area contributed by atoms with E-state index in [9.17, 15) is 4.79 Å². The lowest BCUT2D eigenvalue weighted by Gasteiger charge is -2.28. The molecule has 186 valence electrons. The van der Waals surface area contributed by atoms with Gasteiger partial charge in [0.25, 0.3) is 0 Å². The second-order valence-corrected chi connectivity index (χ2v) is 11.0. The third-order valence-corrected chi connectivity index (χ3v) is 7.87. The molecule has 0 aliphatic heterocycles. The maximum absolute atomic E-state index is 12.1. The van der Waals surface area contributed by atoms with Crippen LogP contribution in [0.2, 0.25) is 0 Å². The van der Waals surface area contributed by atoms with E-state index in [0.29, 0.717) is 29.8 Å². The normalized spacial score (nSPS) is 18.7. The lowest BCUT2D eigenvalue weighted by molar-refractivity contribution is -0.122. The van der Waals surface area contributed by atoms with Crippen molar-refractivity contribution in [3.05, 3.63) is 29.2 Å².